The maximum Gasteiger partial charge on any atom is 0.275 e. The lowest BCUT2D eigenvalue weighted by Gasteiger charge is -2.30. The standard InChI is InChI=1S/C26H29N7O4S/c1-35-11-12-37-23-4-3-18(13-24(23)36-2)19-14-29-33(16-19)26-31-21(17-38-26)25(34)30-20-15-28-6-5-22(20)32-9-7-27-8-10-32/h3-6,13-17,27H,7-12H2,1-2H3,(H,30,34). The van der Waals surface area contributed by atoms with Crippen LogP contribution in [0, 0.1) is 0 Å². The number of nitrogens with zero attached hydrogens (tertiary/aromatic N) is 5. The van der Waals surface area contributed by atoms with Crippen LogP contribution in [0.15, 0.2) is 54.4 Å². The number of carbonyl (C=O) groups excluding carboxylic acids is 1. The van der Waals surface area contributed by atoms with Crippen molar-refractivity contribution in [2.75, 3.05) is 63.8 Å². The molecule has 0 aliphatic carbocycles. The topological polar surface area (TPSA) is 116 Å². The van der Waals surface area contributed by atoms with E-state index in [1.807, 2.05) is 30.5 Å². The number of methoxy groups -OCH3 is 2. The average Bonchev–Trinajstić information content (AvgIpc) is 3.65. The molecule has 2 N–H and O–H groups in total. The molecule has 1 saturated heterocycles. The minimum Gasteiger partial charge on any atom is -0.493 e. The summed E-state index contributed by atoms with van der Waals surface area (Å²) in [5, 5.41) is 13.1. The fraction of sp³-hybridized carbons (Fsp3) is 0.308. The molecule has 4 heterocycles. The zero-order valence-electron chi connectivity index (χ0n) is 21.2. The van der Waals surface area contributed by atoms with Gasteiger partial charge in [0.05, 0.1) is 37.5 Å². The lowest BCUT2D eigenvalue weighted by Crippen LogP contribution is -2.43. The van der Waals surface area contributed by atoms with E-state index >= 15 is 0 Å². The number of hydrogen-bond acceptors (Lipinski definition) is 10. The molecule has 1 amide bonds. The summed E-state index contributed by atoms with van der Waals surface area (Å²) in [6, 6.07) is 7.62. The van der Waals surface area contributed by atoms with Crippen molar-refractivity contribution in [3.05, 3.63) is 60.1 Å². The molecular weight excluding hydrogens is 506 g/mol. The molecule has 0 radical (unpaired) electrons. The molecular formula is C26H29N7O4S. The Morgan fingerprint density at radius 2 is 1.97 bits per heavy atom. The van der Waals surface area contributed by atoms with Gasteiger partial charge in [-0.1, -0.05) is 6.07 Å². The third-order valence-corrected chi connectivity index (χ3v) is 6.88. The highest BCUT2D eigenvalue weighted by Crippen LogP contribution is 2.33. The second kappa shape index (κ2) is 12.0. The summed E-state index contributed by atoms with van der Waals surface area (Å²) in [5.41, 5.74) is 3.73. The summed E-state index contributed by atoms with van der Waals surface area (Å²) in [7, 11) is 3.23. The first-order valence-electron chi connectivity index (χ1n) is 12.2. The van der Waals surface area contributed by atoms with E-state index in [4.69, 9.17) is 14.2 Å². The Morgan fingerprint density at radius 3 is 2.79 bits per heavy atom. The van der Waals surface area contributed by atoms with E-state index in [0.717, 1.165) is 43.0 Å². The maximum absolute atomic E-state index is 13.0. The largest absolute Gasteiger partial charge is 0.493 e. The number of amides is 1. The van der Waals surface area contributed by atoms with Crippen molar-refractivity contribution in [3.63, 3.8) is 0 Å². The zero-order valence-corrected chi connectivity index (χ0v) is 22.0. The highest BCUT2D eigenvalue weighted by Gasteiger charge is 2.18. The Hall–Kier alpha value is -4.00. The Kier molecular flexibility index (Phi) is 8.12. The third kappa shape index (κ3) is 5.77. The van der Waals surface area contributed by atoms with Crippen molar-refractivity contribution in [3.8, 4) is 27.8 Å². The molecule has 0 unspecified atom stereocenters. The van der Waals surface area contributed by atoms with Crippen LogP contribution >= 0.6 is 11.3 Å². The zero-order chi connectivity index (χ0) is 26.3. The van der Waals surface area contributed by atoms with Gasteiger partial charge in [-0.15, -0.1) is 11.3 Å². The molecule has 3 aromatic heterocycles. The number of piperazine rings is 1. The number of nitrogens with one attached hydrogen (secondary N) is 2. The number of carbonyl (C=O) groups is 1. The SMILES string of the molecule is COCCOc1ccc(-c2cnn(-c3nc(C(=O)Nc4cnccc4N4CCNCC4)cs3)c2)cc1OC. The summed E-state index contributed by atoms with van der Waals surface area (Å²) >= 11 is 1.34. The van der Waals surface area contributed by atoms with Crippen LogP contribution < -0.4 is 25.0 Å². The van der Waals surface area contributed by atoms with Crippen molar-refractivity contribution in [2.24, 2.45) is 0 Å². The Labute approximate surface area is 224 Å². The lowest BCUT2D eigenvalue weighted by atomic mass is 10.1. The van der Waals surface area contributed by atoms with Crippen LogP contribution in [0.2, 0.25) is 0 Å². The van der Waals surface area contributed by atoms with Gasteiger partial charge < -0.3 is 29.7 Å². The van der Waals surface area contributed by atoms with Crippen molar-refractivity contribution >= 4 is 28.6 Å². The predicted molar refractivity (Wildman–Crippen MR) is 146 cm³/mol. The average molecular weight is 536 g/mol. The highest BCUT2D eigenvalue weighted by molar-refractivity contribution is 7.12. The fourth-order valence-electron chi connectivity index (χ4n) is 4.10. The normalized spacial score (nSPS) is 13.4. The van der Waals surface area contributed by atoms with Gasteiger partial charge in [0.15, 0.2) is 11.5 Å². The molecule has 0 atom stereocenters. The Morgan fingerprint density at radius 1 is 1.11 bits per heavy atom. The van der Waals surface area contributed by atoms with Gasteiger partial charge in [-0.3, -0.25) is 9.78 Å². The first-order valence-corrected chi connectivity index (χ1v) is 13.1. The second-order valence-corrected chi connectivity index (χ2v) is 9.32. The van der Waals surface area contributed by atoms with E-state index in [-0.39, 0.29) is 5.91 Å². The van der Waals surface area contributed by atoms with Crippen LogP contribution in [-0.4, -0.2) is 79.3 Å². The Balaban J connectivity index is 1.29. The van der Waals surface area contributed by atoms with Crippen LogP contribution in [0.5, 0.6) is 11.5 Å². The van der Waals surface area contributed by atoms with Crippen LogP contribution in [0.3, 0.4) is 0 Å². The van der Waals surface area contributed by atoms with Gasteiger partial charge >= 0.3 is 0 Å². The minimum absolute atomic E-state index is 0.293. The van der Waals surface area contributed by atoms with Crippen molar-refractivity contribution in [1.82, 2.24) is 25.1 Å². The predicted octanol–water partition coefficient (Wildman–Crippen LogP) is 3.09. The molecule has 1 aliphatic heterocycles. The molecule has 0 spiro atoms. The van der Waals surface area contributed by atoms with Gasteiger partial charge in [0.25, 0.3) is 5.91 Å². The first kappa shape index (κ1) is 25.6. The van der Waals surface area contributed by atoms with Crippen LogP contribution in [0.1, 0.15) is 10.5 Å². The number of rotatable bonds is 10. The number of anilines is 2. The first-order chi connectivity index (χ1) is 18.7. The molecule has 11 nitrogen and oxygen atoms in total. The summed E-state index contributed by atoms with van der Waals surface area (Å²) in [4.78, 5) is 24.0. The molecule has 1 aromatic carbocycles. The minimum atomic E-state index is -0.293. The van der Waals surface area contributed by atoms with Gasteiger partial charge in [0.1, 0.15) is 12.3 Å². The monoisotopic (exact) mass is 535 g/mol. The van der Waals surface area contributed by atoms with Gasteiger partial charge in [-0.25, -0.2) is 9.67 Å². The molecule has 1 fully saturated rings. The number of hydrogen-bond donors (Lipinski definition) is 2. The summed E-state index contributed by atoms with van der Waals surface area (Å²) in [6.45, 7) is 4.45. The van der Waals surface area contributed by atoms with Crippen LogP contribution in [-0.2, 0) is 4.74 Å². The maximum atomic E-state index is 13.0. The molecule has 12 heteroatoms. The van der Waals surface area contributed by atoms with E-state index in [1.54, 1.807) is 42.9 Å². The van der Waals surface area contributed by atoms with Crippen molar-refractivity contribution < 1.29 is 19.0 Å². The van der Waals surface area contributed by atoms with E-state index in [2.05, 4.69) is 30.6 Å². The molecule has 5 rings (SSSR count). The van der Waals surface area contributed by atoms with Crippen LogP contribution in [0.4, 0.5) is 11.4 Å². The molecule has 1 aliphatic rings. The van der Waals surface area contributed by atoms with Gasteiger partial charge in [-0.05, 0) is 23.8 Å². The lowest BCUT2D eigenvalue weighted by molar-refractivity contribution is 0.102. The third-order valence-electron chi connectivity index (χ3n) is 6.05. The number of benzene rings is 1. The van der Waals surface area contributed by atoms with E-state index in [0.29, 0.717) is 41.2 Å². The van der Waals surface area contributed by atoms with Gasteiger partial charge in [0, 0.05) is 56.6 Å². The quantitative estimate of drug-likeness (QED) is 0.296. The van der Waals surface area contributed by atoms with Gasteiger partial charge in [0.2, 0.25) is 5.13 Å². The molecule has 0 bridgehead atoms. The van der Waals surface area contributed by atoms with E-state index in [9.17, 15) is 4.79 Å². The van der Waals surface area contributed by atoms with Gasteiger partial charge in [-0.2, -0.15) is 5.10 Å². The summed E-state index contributed by atoms with van der Waals surface area (Å²) in [5.74, 6) is 0.971. The molecule has 4 aromatic rings. The van der Waals surface area contributed by atoms with Crippen molar-refractivity contribution in [1.29, 1.82) is 0 Å². The van der Waals surface area contributed by atoms with Crippen molar-refractivity contribution in [2.45, 2.75) is 0 Å². The summed E-state index contributed by atoms with van der Waals surface area (Å²) in [6.07, 6.45) is 7.02. The molecule has 198 valence electrons. The number of aromatic nitrogens is 4. The fourth-order valence-corrected chi connectivity index (χ4v) is 4.84. The summed E-state index contributed by atoms with van der Waals surface area (Å²) < 4.78 is 17.9. The van der Waals surface area contributed by atoms with E-state index < -0.39 is 0 Å². The second-order valence-electron chi connectivity index (χ2n) is 8.48. The van der Waals surface area contributed by atoms with E-state index in [1.165, 1.54) is 11.3 Å². The number of thiazole rings is 1. The molecule has 0 saturated carbocycles. The Bertz CT molecular complexity index is 1380. The number of pyridine rings is 1. The smallest absolute Gasteiger partial charge is 0.275 e. The number of ether oxygens (including phenoxy) is 3. The van der Waals surface area contributed by atoms with Crippen LogP contribution in [0.25, 0.3) is 16.3 Å². The molecule has 38 heavy (non-hydrogen) atoms. The highest BCUT2D eigenvalue weighted by atomic mass is 32.1.